The van der Waals surface area contributed by atoms with Crippen LogP contribution >= 0.6 is 0 Å². The molecule has 0 fully saturated rings. The van der Waals surface area contributed by atoms with Crippen LogP contribution in [-0.2, 0) is 14.3 Å². The van der Waals surface area contributed by atoms with Gasteiger partial charge in [-0.1, -0.05) is 5.92 Å². The van der Waals surface area contributed by atoms with Crippen LogP contribution in [0.4, 0.5) is 0 Å². The van der Waals surface area contributed by atoms with E-state index in [1.165, 1.54) is 7.05 Å². The number of ether oxygens (including phenoxy) is 1. The minimum Gasteiger partial charge on any atom is -0.478 e. The number of aliphatic hydroxyl groups is 1. The van der Waals surface area contributed by atoms with Gasteiger partial charge in [-0.25, -0.2) is 4.79 Å². The lowest BCUT2D eigenvalue weighted by molar-refractivity contribution is -0.161. The molecule has 2 unspecified atom stereocenters. The molecule has 0 aliphatic rings. The Bertz CT molecular complexity index is 366. The topological polar surface area (TPSA) is 95.9 Å². The second-order valence-corrected chi connectivity index (χ2v) is 4.89. The van der Waals surface area contributed by atoms with Crippen LogP contribution in [0, 0.1) is 12.3 Å². The van der Waals surface area contributed by atoms with Crippen LogP contribution in [-0.4, -0.2) is 46.4 Å². The van der Waals surface area contributed by atoms with Crippen LogP contribution in [0.3, 0.4) is 0 Å². The molecule has 0 aromatic carbocycles. The molecule has 102 valence electrons. The Labute approximate surface area is 106 Å². The summed E-state index contributed by atoms with van der Waals surface area (Å²) in [4.78, 5) is 22.6. The van der Waals surface area contributed by atoms with Gasteiger partial charge in [-0.2, -0.15) is 0 Å². The molecule has 3 N–H and O–H groups in total. The lowest BCUT2D eigenvalue weighted by atomic mass is 9.95. The van der Waals surface area contributed by atoms with Crippen molar-refractivity contribution in [1.29, 1.82) is 0 Å². The molecule has 6 nitrogen and oxygen atoms in total. The summed E-state index contributed by atoms with van der Waals surface area (Å²) in [5, 5.41) is 21.1. The summed E-state index contributed by atoms with van der Waals surface area (Å²) in [5.74, 6) is -0.473. The highest BCUT2D eigenvalue weighted by atomic mass is 16.6. The largest absolute Gasteiger partial charge is 0.478 e. The lowest BCUT2D eigenvalue weighted by Crippen LogP contribution is -2.48. The Morgan fingerprint density at radius 2 is 1.94 bits per heavy atom. The number of carbonyl (C=O) groups excluding carboxylic acids is 1. The number of likely N-dealkylation sites (N-methyl/N-ethyl adjacent to an activating group) is 1. The van der Waals surface area contributed by atoms with Crippen LogP contribution in [0.25, 0.3) is 0 Å². The molecular weight excluding hydrogens is 238 g/mol. The average Bonchev–Trinajstić information content (AvgIpc) is 2.22. The zero-order valence-electron chi connectivity index (χ0n) is 11.0. The molecule has 0 heterocycles. The maximum Gasteiger partial charge on any atom is 0.348 e. The van der Waals surface area contributed by atoms with Crippen LogP contribution in [0.15, 0.2) is 0 Å². The van der Waals surface area contributed by atoms with E-state index in [1.54, 1.807) is 26.7 Å². The first kappa shape index (κ1) is 16.4. The molecule has 0 aromatic rings. The van der Waals surface area contributed by atoms with Crippen LogP contribution < -0.4 is 5.32 Å². The quantitative estimate of drug-likeness (QED) is 0.464. The molecule has 0 saturated heterocycles. The second-order valence-electron chi connectivity index (χ2n) is 4.89. The fraction of sp³-hybridized carbons (Fsp3) is 0.667. The SMILES string of the molecule is C#CC(O)(CC(NC)C(=O)OC(C)(C)C)C(=O)O. The summed E-state index contributed by atoms with van der Waals surface area (Å²) in [5.41, 5.74) is -3.10. The van der Waals surface area contributed by atoms with Gasteiger partial charge >= 0.3 is 11.9 Å². The molecule has 0 spiro atoms. The Hall–Kier alpha value is -1.58. The third kappa shape index (κ3) is 4.73. The first-order valence-corrected chi connectivity index (χ1v) is 5.39. The predicted octanol–water partition coefficient (Wildman–Crippen LogP) is -0.245. The Morgan fingerprint density at radius 3 is 2.22 bits per heavy atom. The number of esters is 1. The number of aliphatic carboxylic acids is 1. The maximum atomic E-state index is 11.7. The number of carbonyl (C=O) groups is 2. The first-order valence-electron chi connectivity index (χ1n) is 5.39. The number of rotatable bonds is 5. The molecule has 0 amide bonds. The van der Waals surface area contributed by atoms with Gasteiger partial charge in [-0.3, -0.25) is 4.79 Å². The third-order valence-electron chi connectivity index (χ3n) is 2.13. The smallest absolute Gasteiger partial charge is 0.348 e. The van der Waals surface area contributed by atoms with Gasteiger partial charge in [0.05, 0.1) is 0 Å². The van der Waals surface area contributed by atoms with E-state index < -0.39 is 35.6 Å². The summed E-state index contributed by atoms with van der Waals surface area (Å²) in [6.45, 7) is 5.05. The summed E-state index contributed by atoms with van der Waals surface area (Å²) in [7, 11) is 1.45. The van der Waals surface area contributed by atoms with Gasteiger partial charge < -0.3 is 20.3 Å². The fourth-order valence-electron chi connectivity index (χ4n) is 1.18. The number of hydrogen-bond donors (Lipinski definition) is 3. The highest BCUT2D eigenvalue weighted by molar-refractivity contribution is 5.84. The minimum absolute atomic E-state index is 0.468. The van der Waals surface area contributed by atoms with Crippen molar-refractivity contribution >= 4 is 11.9 Å². The average molecular weight is 257 g/mol. The predicted molar refractivity (Wildman–Crippen MR) is 64.7 cm³/mol. The van der Waals surface area contributed by atoms with E-state index in [9.17, 15) is 14.7 Å². The first-order chi connectivity index (χ1) is 8.05. The molecule has 6 heteroatoms. The van der Waals surface area contributed by atoms with Crippen molar-refractivity contribution in [3.8, 4) is 12.3 Å². The molecule has 0 aliphatic carbocycles. The molecule has 0 bridgehead atoms. The minimum atomic E-state index is -2.40. The summed E-state index contributed by atoms with van der Waals surface area (Å²) >= 11 is 0. The Morgan fingerprint density at radius 1 is 1.44 bits per heavy atom. The number of carboxylic acids is 1. The molecule has 0 aliphatic heterocycles. The van der Waals surface area contributed by atoms with E-state index in [2.05, 4.69) is 5.32 Å². The molecule has 0 radical (unpaired) electrons. The van der Waals surface area contributed by atoms with Gasteiger partial charge in [-0.05, 0) is 27.8 Å². The van der Waals surface area contributed by atoms with Crippen molar-refractivity contribution in [3.63, 3.8) is 0 Å². The van der Waals surface area contributed by atoms with Crippen molar-refractivity contribution in [2.45, 2.75) is 44.4 Å². The van der Waals surface area contributed by atoms with Crippen LogP contribution in [0.2, 0.25) is 0 Å². The molecule has 2 atom stereocenters. The number of nitrogens with one attached hydrogen (secondary N) is 1. The lowest BCUT2D eigenvalue weighted by Gasteiger charge is -2.26. The van der Waals surface area contributed by atoms with E-state index in [4.69, 9.17) is 16.3 Å². The van der Waals surface area contributed by atoms with Gasteiger partial charge in [0, 0.05) is 6.42 Å². The Balaban J connectivity index is 4.87. The molecular formula is C12H19NO5. The van der Waals surface area contributed by atoms with Crippen molar-refractivity contribution < 1.29 is 24.5 Å². The highest BCUT2D eigenvalue weighted by Gasteiger charge is 2.39. The standard InChI is InChI=1S/C12H19NO5/c1-6-12(17,10(15)16)7-8(13-5)9(14)18-11(2,3)4/h1,8,13,17H,7H2,2-5H3,(H,15,16). The van der Waals surface area contributed by atoms with E-state index in [0.717, 1.165) is 0 Å². The second kappa shape index (κ2) is 5.85. The van der Waals surface area contributed by atoms with Gasteiger partial charge in [-0.15, -0.1) is 6.42 Å². The van der Waals surface area contributed by atoms with Crippen molar-refractivity contribution in [3.05, 3.63) is 0 Å². The molecule has 18 heavy (non-hydrogen) atoms. The monoisotopic (exact) mass is 257 g/mol. The van der Waals surface area contributed by atoms with E-state index >= 15 is 0 Å². The summed E-state index contributed by atoms with van der Waals surface area (Å²) in [6.07, 6.45) is 4.51. The van der Waals surface area contributed by atoms with Crippen LogP contribution in [0.1, 0.15) is 27.2 Å². The van der Waals surface area contributed by atoms with Crippen LogP contribution in [0.5, 0.6) is 0 Å². The maximum absolute atomic E-state index is 11.7. The fourth-order valence-corrected chi connectivity index (χ4v) is 1.18. The Kier molecular flexibility index (Phi) is 5.33. The van der Waals surface area contributed by atoms with Gasteiger partial charge in [0.2, 0.25) is 5.60 Å². The normalized spacial score (nSPS) is 16.2. The number of hydrogen-bond acceptors (Lipinski definition) is 5. The van der Waals surface area contributed by atoms with E-state index in [1.807, 2.05) is 0 Å². The van der Waals surface area contributed by atoms with E-state index in [-0.39, 0.29) is 0 Å². The number of terminal acetylenes is 1. The van der Waals surface area contributed by atoms with Gasteiger partial charge in [0.25, 0.3) is 0 Å². The molecule has 0 aromatic heterocycles. The van der Waals surface area contributed by atoms with Gasteiger partial charge in [0.15, 0.2) is 0 Å². The number of carboxylic acid groups (broad SMARTS) is 1. The zero-order valence-corrected chi connectivity index (χ0v) is 11.0. The molecule has 0 rings (SSSR count). The summed E-state index contributed by atoms with van der Waals surface area (Å²) in [6, 6.07) is -0.999. The van der Waals surface area contributed by atoms with Crippen molar-refractivity contribution in [2.24, 2.45) is 0 Å². The van der Waals surface area contributed by atoms with E-state index in [0.29, 0.717) is 0 Å². The van der Waals surface area contributed by atoms with Crippen molar-refractivity contribution in [1.82, 2.24) is 5.32 Å². The van der Waals surface area contributed by atoms with Gasteiger partial charge in [0.1, 0.15) is 11.6 Å². The van der Waals surface area contributed by atoms with Crippen molar-refractivity contribution in [2.75, 3.05) is 7.05 Å². The third-order valence-corrected chi connectivity index (χ3v) is 2.13. The molecule has 0 saturated carbocycles. The highest BCUT2D eigenvalue weighted by Crippen LogP contribution is 2.16. The summed E-state index contributed by atoms with van der Waals surface area (Å²) < 4.78 is 5.09. The zero-order chi connectivity index (χ0) is 14.6.